The average molecular weight is 309 g/mol. The molecule has 2 aromatic heterocycles. The van der Waals surface area contributed by atoms with Gasteiger partial charge >= 0.3 is 0 Å². The SMILES string of the molecule is CC1OC(n2cc(C(N)=S)c3c(N)ncnc32)C(O)C1O. The molecule has 21 heavy (non-hydrogen) atoms. The molecule has 6 N–H and O–H groups in total. The van der Waals surface area contributed by atoms with Crippen LogP contribution < -0.4 is 11.5 Å². The van der Waals surface area contributed by atoms with Crippen molar-refractivity contribution in [3.05, 3.63) is 18.1 Å². The van der Waals surface area contributed by atoms with Crippen LogP contribution in [0.5, 0.6) is 0 Å². The first-order valence-electron chi connectivity index (χ1n) is 6.34. The van der Waals surface area contributed by atoms with Crippen molar-refractivity contribution in [2.75, 3.05) is 5.73 Å². The number of nitrogen functional groups attached to an aromatic ring is 1. The van der Waals surface area contributed by atoms with Crippen LogP contribution in [-0.4, -0.2) is 48.0 Å². The highest BCUT2D eigenvalue weighted by Crippen LogP contribution is 2.34. The molecule has 4 atom stereocenters. The van der Waals surface area contributed by atoms with Crippen LogP contribution in [0.1, 0.15) is 18.7 Å². The van der Waals surface area contributed by atoms with E-state index in [1.54, 1.807) is 17.7 Å². The van der Waals surface area contributed by atoms with Crippen LogP contribution in [-0.2, 0) is 4.74 Å². The van der Waals surface area contributed by atoms with Crippen molar-refractivity contribution in [1.82, 2.24) is 14.5 Å². The van der Waals surface area contributed by atoms with E-state index in [4.69, 9.17) is 28.4 Å². The van der Waals surface area contributed by atoms with E-state index in [0.717, 1.165) is 0 Å². The lowest BCUT2D eigenvalue weighted by molar-refractivity contribution is -0.0296. The number of anilines is 1. The molecule has 8 nitrogen and oxygen atoms in total. The summed E-state index contributed by atoms with van der Waals surface area (Å²) in [5.74, 6) is 0.239. The van der Waals surface area contributed by atoms with Gasteiger partial charge in [-0.05, 0) is 6.92 Å². The second-order valence-electron chi connectivity index (χ2n) is 4.98. The van der Waals surface area contributed by atoms with Crippen LogP contribution in [0, 0.1) is 0 Å². The number of rotatable bonds is 2. The van der Waals surface area contributed by atoms with Gasteiger partial charge in [0, 0.05) is 11.8 Å². The first kappa shape index (κ1) is 14.1. The third-order valence-corrected chi connectivity index (χ3v) is 3.88. The number of fused-ring (bicyclic) bond motifs is 1. The largest absolute Gasteiger partial charge is 0.389 e. The van der Waals surface area contributed by atoms with E-state index in [1.165, 1.54) is 6.33 Å². The van der Waals surface area contributed by atoms with E-state index < -0.39 is 24.5 Å². The van der Waals surface area contributed by atoms with Crippen LogP contribution in [0.4, 0.5) is 5.82 Å². The highest BCUT2D eigenvalue weighted by atomic mass is 32.1. The molecule has 1 saturated heterocycles. The molecule has 0 aromatic carbocycles. The summed E-state index contributed by atoms with van der Waals surface area (Å²) >= 11 is 5.01. The van der Waals surface area contributed by atoms with E-state index in [9.17, 15) is 10.2 Å². The van der Waals surface area contributed by atoms with Gasteiger partial charge in [0.05, 0.1) is 11.5 Å². The van der Waals surface area contributed by atoms with E-state index in [-0.39, 0.29) is 10.8 Å². The van der Waals surface area contributed by atoms with Crippen molar-refractivity contribution < 1.29 is 14.9 Å². The molecular formula is C12H15N5O3S. The van der Waals surface area contributed by atoms with E-state index in [0.29, 0.717) is 16.6 Å². The van der Waals surface area contributed by atoms with Gasteiger partial charge in [-0.25, -0.2) is 9.97 Å². The summed E-state index contributed by atoms with van der Waals surface area (Å²) in [4.78, 5) is 8.22. The zero-order chi connectivity index (χ0) is 15.3. The van der Waals surface area contributed by atoms with Gasteiger partial charge in [0.2, 0.25) is 0 Å². The second-order valence-corrected chi connectivity index (χ2v) is 5.42. The molecule has 0 amide bonds. The summed E-state index contributed by atoms with van der Waals surface area (Å²) in [6.45, 7) is 1.68. The fraction of sp³-hybridized carbons (Fsp3) is 0.417. The number of hydrogen-bond donors (Lipinski definition) is 4. The summed E-state index contributed by atoms with van der Waals surface area (Å²) in [7, 11) is 0. The Kier molecular flexibility index (Phi) is 3.29. The molecule has 4 unspecified atom stereocenters. The summed E-state index contributed by atoms with van der Waals surface area (Å²) in [6, 6.07) is 0. The Labute approximate surface area is 125 Å². The Balaban J connectivity index is 2.20. The standard InChI is InChI=1S/C12H15N5O3S/c1-4-7(18)8(19)12(20-4)17-2-5(10(14)21)6-9(13)15-3-16-11(6)17/h2-4,7-8,12,18-19H,1H3,(H2,14,21)(H2,13,15,16). The highest BCUT2D eigenvalue weighted by molar-refractivity contribution is 7.80. The fourth-order valence-electron chi connectivity index (χ4n) is 2.55. The van der Waals surface area contributed by atoms with Crippen molar-refractivity contribution in [2.45, 2.75) is 31.5 Å². The van der Waals surface area contributed by atoms with Crippen LogP contribution in [0.2, 0.25) is 0 Å². The lowest BCUT2D eigenvalue weighted by Crippen LogP contribution is -2.30. The third kappa shape index (κ3) is 2.05. The van der Waals surface area contributed by atoms with Gasteiger partial charge < -0.3 is 31.0 Å². The molecule has 1 aliphatic heterocycles. The Morgan fingerprint density at radius 2 is 2.10 bits per heavy atom. The first-order chi connectivity index (χ1) is 9.91. The van der Waals surface area contributed by atoms with Gasteiger partial charge in [0.25, 0.3) is 0 Å². The van der Waals surface area contributed by atoms with Crippen LogP contribution in [0.3, 0.4) is 0 Å². The molecule has 9 heteroatoms. The molecule has 3 heterocycles. The maximum Gasteiger partial charge on any atom is 0.164 e. The minimum Gasteiger partial charge on any atom is -0.389 e. The molecule has 1 aliphatic rings. The molecule has 0 bridgehead atoms. The lowest BCUT2D eigenvalue weighted by Gasteiger charge is -2.17. The Morgan fingerprint density at radius 3 is 2.67 bits per heavy atom. The summed E-state index contributed by atoms with van der Waals surface area (Å²) in [5, 5.41) is 20.5. The van der Waals surface area contributed by atoms with Gasteiger partial charge in [-0.2, -0.15) is 0 Å². The molecular weight excluding hydrogens is 294 g/mol. The predicted molar refractivity (Wildman–Crippen MR) is 79.4 cm³/mol. The van der Waals surface area contributed by atoms with Crippen LogP contribution in [0.15, 0.2) is 12.5 Å². The third-order valence-electron chi connectivity index (χ3n) is 3.66. The number of aliphatic hydroxyl groups excluding tert-OH is 2. The van der Waals surface area contributed by atoms with Crippen molar-refractivity contribution in [1.29, 1.82) is 0 Å². The summed E-state index contributed by atoms with van der Waals surface area (Å²) in [6.07, 6.45) is -0.467. The van der Waals surface area contributed by atoms with Gasteiger partial charge in [-0.1, -0.05) is 12.2 Å². The number of ether oxygens (including phenoxy) is 1. The summed E-state index contributed by atoms with van der Waals surface area (Å²) in [5.41, 5.74) is 12.5. The number of aromatic nitrogens is 3. The van der Waals surface area contributed by atoms with Gasteiger partial charge in [-0.3, -0.25) is 0 Å². The average Bonchev–Trinajstić information content (AvgIpc) is 2.94. The monoisotopic (exact) mass is 309 g/mol. The smallest absolute Gasteiger partial charge is 0.164 e. The van der Waals surface area contributed by atoms with Crippen molar-refractivity contribution in [3.63, 3.8) is 0 Å². The maximum absolute atomic E-state index is 10.1. The molecule has 112 valence electrons. The molecule has 0 aliphatic carbocycles. The maximum atomic E-state index is 10.1. The lowest BCUT2D eigenvalue weighted by atomic mass is 10.1. The topological polar surface area (TPSA) is 132 Å². The molecule has 3 rings (SSSR count). The molecule has 0 radical (unpaired) electrons. The number of thiocarbonyl (C=S) groups is 1. The van der Waals surface area contributed by atoms with Crippen molar-refractivity contribution in [2.24, 2.45) is 5.73 Å². The van der Waals surface area contributed by atoms with Crippen molar-refractivity contribution >= 4 is 34.1 Å². The quantitative estimate of drug-likeness (QED) is 0.535. The second kappa shape index (κ2) is 4.88. The van der Waals surface area contributed by atoms with Gasteiger partial charge in [0.15, 0.2) is 6.23 Å². The Hall–Kier alpha value is -1.81. The number of aliphatic hydroxyl groups is 2. The number of nitrogens with two attached hydrogens (primary N) is 2. The van der Waals surface area contributed by atoms with E-state index in [1.807, 2.05) is 0 Å². The fourth-order valence-corrected chi connectivity index (χ4v) is 2.70. The molecule has 1 fully saturated rings. The van der Waals surface area contributed by atoms with Crippen LogP contribution >= 0.6 is 12.2 Å². The predicted octanol–water partition coefficient (Wildman–Crippen LogP) is -0.713. The Bertz CT molecular complexity index is 718. The zero-order valence-corrected chi connectivity index (χ0v) is 12.0. The number of nitrogens with zero attached hydrogens (tertiary/aromatic N) is 3. The minimum absolute atomic E-state index is 0.140. The number of hydrogen-bond acceptors (Lipinski definition) is 7. The van der Waals surface area contributed by atoms with E-state index >= 15 is 0 Å². The van der Waals surface area contributed by atoms with Crippen molar-refractivity contribution in [3.8, 4) is 0 Å². The summed E-state index contributed by atoms with van der Waals surface area (Å²) < 4.78 is 7.16. The molecule has 0 spiro atoms. The van der Waals surface area contributed by atoms with Gasteiger partial charge in [-0.15, -0.1) is 0 Å². The first-order valence-corrected chi connectivity index (χ1v) is 6.75. The Morgan fingerprint density at radius 1 is 1.38 bits per heavy atom. The minimum atomic E-state index is -1.09. The zero-order valence-electron chi connectivity index (χ0n) is 11.2. The van der Waals surface area contributed by atoms with Gasteiger partial charge in [0.1, 0.15) is 35.0 Å². The highest BCUT2D eigenvalue weighted by Gasteiger charge is 2.42. The normalized spacial score (nSPS) is 29.1. The van der Waals surface area contributed by atoms with Crippen LogP contribution in [0.25, 0.3) is 11.0 Å². The van der Waals surface area contributed by atoms with E-state index in [2.05, 4.69) is 9.97 Å². The molecule has 2 aromatic rings. The molecule has 0 saturated carbocycles.